The number of amides is 1. The first-order chi connectivity index (χ1) is 10.7. The number of nitrogens with zero attached hydrogens (tertiary/aromatic N) is 2. The van der Waals surface area contributed by atoms with Crippen LogP contribution in [-0.2, 0) is 18.4 Å². The Labute approximate surface area is 129 Å². The molecule has 0 bridgehead atoms. The fourth-order valence-corrected chi connectivity index (χ4v) is 1.70. The Morgan fingerprint density at radius 1 is 1.41 bits per heavy atom. The van der Waals surface area contributed by atoms with Gasteiger partial charge in [0.1, 0.15) is 12.4 Å². The van der Waals surface area contributed by atoms with Crippen molar-refractivity contribution in [2.45, 2.75) is 13.0 Å². The van der Waals surface area contributed by atoms with Gasteiger partial charge in [-0.15, -0.1) is 0 Å². The maximum absolute atomic E-state index is 11.5. The van der Waals surface area contributed by atoms with Gasteiger partial charge in [-0.05, 0) is 5.56 Å². The van der Waals surface area contributed by atoms with Gasteiger partial charge in [-0.3, -0.25) is 4.68 Å². The van der Waals surface area contributed by atoms with E-state index < -0.39 is 6.09 Å². The topological polar surface area (TPSA) is 82.2 Å². The first-order valence-corrected chi connectivity index (χ1v) is 6.87. The molecule has 3 N–H and O–H groups in total. The Bertz CT molecular complexity index is 683. The number of rotatable bonds is 4. The van der Waals surface area contributed by atoms with Crippen LogP contribution in [0.2, 0.25) is 0 Å². The number of hydrogen-bond acceptors (Lipinski definition) is 4. The van der Waals surface area contributed by atoms with Gasteiger partial charge in [0.05, 0.1) is 11.8 Å². The van der Waals surface area contributed by atoms with E-state index in [-0.39, 0.29) is 6.61 Å². The van der Waals surface area contributed by atoms with E-state index in [1.54, 1.807) is 17.9 Å². The minimum absolute atomic E-state index is 0.255. The average Bonchev–Trinajstić information content (AvgIpc) is 2.85. The van der Waals surface area contributed by atoms with E-state index in [9.17, 15) is 4.79 Å². The Hall–Kier alpha value is -2.94. The summed E-state index contributed by atoms with van der Waals surface area (Å²) in [5, 5.41) is 6.64. The molecule has 1 heterocycles. The lowest BCUT2D eigenvalue weighted by Gasteiger charge is -2.05. The summed E-state index contributed by atoms with van der Waals surface area (Å²) in [6.45, 7) is 0.672. The molecule has 1 aromatic carbocycles. The van der Waals surface area contributed by atoms with Gasteiger partial charge < -0.3 is 15.8 Å². The Morgan fingerprint density at radius 2 is 2.18 bits per heavy atom. The molecule has 2 aromatic rings. The highest BCUT2D eigenvalue weighted by atomic mass is 16.5. The Morgan fingerprint density at radius 3 is 2.86 bits per heavy atom. The average molecular weight is 298 g/mol. The van der Waals surface area contributed by atoms with Gasteiger partial charge in [0.25, 0.3) is 0 Å². The Kier molecular flexibility index (Phi) is 5.44. The first kappa shape index (κ1) is 15.4. The molecule has 6 nitrogen and oxygen atoms in total. The molecule has 22 heavy (non-hydrogen) atoms. The van der Waals surface area contributed by atoms with Crippen LogP contribution in [0, 0.1) is 11.8 Å². The van der Waals surface area contributed by atoms with Crippen LogP contribution >= 0.6 is 0 Å². The van der Waals surface area contributed by atoms with Gasteiger partial charge in [0.15, 0.2) is 0 Å². The van der Waals surface area contributed by atoms with Crippen LogP contribution < -0.4 is 11.1 Å². The van der Waals surface area contributed by atoms with E-state index in [1.807, 2.05) is 30.3 Å². The van der Waals surface area contributed by atoms with Crippen LogP contribution in [0.5, 0.6) is 0 Å². The van der Waals surface area contributed by atoms with Gasteiger partial charge in [0.2, 0.25) is 0 Å². The Balaban J connectivity index is 1.66. The second-order valence-electron chi connectivity index (χ2n) is 4.61. The molecule has 1 aromatic heterocycles. The van der Waals surface area contributed by atoms with Gasteiger partial charge in [-0.25, -0.2) is 4.79 Å². The summed E-state index contributed by atoms with van der Waals surface area (Å²) in [5.41, 5.74) is 7.41. The number of carbonyl (C=O) groups is 1. The fraction of sp³-hybridized carbons (Fsp3) is 0.250. The molecule has 1 amide bonds. The molecular weight excluding hydrogens is 280 g/mol. The minimum Gasteiger partial charge on any atom is -0.445 e. The third-order valence-corrected chi connectivity index (χ3v) is 2.94. The van der Waals surface area contributed by atoms with E-state index in [2.05, 4.69) is 22.3 Å². The predicted octanol–water partition coefficient (Wildman–Crippen LogP) is 1.67. The van der Waals surface area contributed by atoms with Gasteiger partial charge in [0, 0.05) is 20.0 Å². The van der Waals surface area contributed by atoms with Crippen LogP contribution in [0.1, 0.15) is 17.5 Å². The number of anilines is 1. The normalized spacial score (nSPS) is 9.68. The van der Waals surface area contributed by atoms with E-state index in [4.69, 9.17) is 10.5 Å². The largest absolute Gasteiger partial charge is 0.445 e. The lowest BCUT2D eigenvalue weighted by molar-refractivity contribution is 0.140. The maximum Gasteiger partial charge on any atom is 0.407 e. The number of aromatic nitrogens is 2. The van der Waals surface area contributed by atoms with Gasteiger partial charge in [-0.2, -0.15) is 5.10 Å². The minimum atomic E-state index is -0.452. The molecule has 0 fully saturated rings. The number of benzene rings is 1. The standard InChI is InChI=1S/C16H18N4O2/c1-20-15(17)14(11-19-20)9-5-6-10-18-16(21)22-12-13-7-3-2-4-8-13/h2-4,7-8,11H,6,10,12,17H2,1H3,(H,18,21). The lowest BCUT2D eigenvalue weighted by atomic mass is 10.2. The predicted molar refractivity (Wildman–Crippen MR) is 83.7 cm³/mol. The van der Waals surface area contributed by atoms with Crippen LogP contribution in [0.25, 0.3) is 0 Å². The third kappa shape index (κ3) is 4.56. The summed E-state index contributed by atoms with van der Waals surface area (Å²) >= 11 is 0. The van der Waals surface area contributed by atoms with Crippen LogP contribution in [0.4, 0.5) is 10.6 Å². The number of nitrogens with one attached hydrogen (secondary N) is 1. The molecule has 0 saturated carbocycles. The van der Waals surface area contributed by atoms with Crippen molar-refractivity contribution in [3.8, 4) is 11.8 Å². The van der Waals surface area contributed by atoms with Gasteiger partial charge >= 0.3 is 6.09 Å². The van der Waals surface area contributed by atoms with Crippen LogP contribution in [0.15, 0.2) is 36.5 Å². The molecule has 0 aliphatic rings. The van der Waals surface area contributed by atoms with E-state index in [0.717, 1.165) is 5.56 Å². The molecule has 0 aliphatic heterocycles. The van der Waals surface area contributed by atoms with E-state index in [1.165, 1.54) is 0 Å². The number of nitrogen functional groups attached to an aromatic ring is 1. The maximum atomic E-state index is 11.5. The lowest BCUT2D eigenvalue weighted by Crippen LogP contribution is -2.24. The molecule has 0 unspecified atom stereocenters. The van der Waals surface area contributed by atoms with Crippen molar-refractivity contribution in [2.24, 2.45) is 7.05 Å². The summed E-state index contributed by atoms with van der Waals surface area (Å²) in [6, 6.07) is 9.51. The van der Waals surface area contributed by atoms with E-state index >= 15 is 0 Å². The molecule has 0 saturated heterocycles. The second-order valence-corrected chi connectivity index (χ2v) is 4.61. The third-order valence-electron chi connectivity index (χ3n) is 2.94. The summed E-state index contributed by atoms with van der Waals surface area (Å²) in [4.78, 5) is 11.5. The molecule has 6 heteroatoms. The molecule has 114 valence electrons. The van der Waals surface area contributed by atoms with Crippen molar-refractivity contribution in [1.82, 2.24) is 15.1 Å². The summed E-state index contributed by atoms with van der Waals surface area (Å²) in [5.74, 6) is 6.38. The first-order valence-electron chi connectivity index (χ1n) is 6.87. The summed E-state index contributed by atoms with van der Waals surface area (Å²) in [7, 11) is 1.75. The highest BCUT2D eigenvalue weighted by molar-refractivity contribution is 5.67. The van der Waals surface area contributed by atoms with Crippen LogP contribution in [-0.4, -0.2) is 22.4 Å². The van der Waals surface area contributed by atoms with Crippen molar-refractivity contribution in [3.05, 3.63) is 47.7 Å². The number of ether oxygens (including phenoxy) is 1. The smallest absolute Gasteiger partial charge is 0.407 e. The molecule has 2 rings (SSSR count). The summed E-state index contributed by atoms with van der Waals surface area (Å²) < 4.78 is 6.64. The monoisotopic (exact) mass is 298 g/mol. The van der Waals surface area contributed by atoms with Crippen molar-refractivity contribution in [1.29, 1.82) is 0 Å². The number of nitrogens with two attached hydrogens (primary N) is 1. The molecule has 0 spiro atoms. The zero-order valence-electron chi connectivity index (χ0n) is 12.4. The van der Waals surface area contributed by atoms with Crippen molar-refractivity contribution < 1.29 is 9.53 Å². The van der Waals surface area contributed by atoms with Crippen molar-refractivity contribution in [3.63, 3.8) is 0 Å². The SMILES string of the molecule is Cn1ncc(C#CCCNC(=O)OCc2ccccc2)c1N. The quantitative estimate of drug-likeness (QED) is 0.664. The highest BCUT2D eigenvalue weighted by Gasteiger charge is 2.01. The molecule has 0 atom stereocenters. The number of aryl methyl sites for hydroxylation is 1. The molecular formula is C16H18N4O2. The number of carbonyl (C=O) groups excluding carboxylic acids is 1. The second kappa shape index (κ2) is 7.74. The fourth-order valence-electron chi connectivity index (χ4n) is 1.70. The highest BCUT2D eigenvalue weighted by Crippen LogP contribution is 2.06. The zero-order valence-corrected chi connectivity index (χ0v) is 12.4. The van der Waals surface area contributed by atoms with Crippen molar-refractivity contribution in [2.75, 3.05) is 12.3 Å². The molecule has 0 aliphatic carbocycles. The number of alkyl carbamates (subject to hydrolysis) is 1. The molecule has 0 radical (unpaired) electrons. The van der Waals surface area contributed by atoms with E-state index in [0.29, 0.717) is 24.3 Å². The number of hydrogen-bond donors (Lipinski definition) is 2. The van der Waals surface area contributed by atoms with Crippen LogP contribution in [0.3, 0.4) is 0 Å². The van der Waals surface area contributed by atoms with Crippen molar-refractivity contribution >= 4 is 11.9 Å². The summed E-state index contributed by atoms with van der Waals surface area (Å²) in [6.07, 6.45) is 1.67. The van der Waals surface area contributed by atoms with Gasteiger partial charge in [-0.1, -0.05) is 42.2 Å². The zero-order chi connectivity index (χ0) is 15.8.